The highest BCUT2D eigenvalue weighted by molar-refractivity contribution is 7.46. The summed E-state index contributed by atoms with van der Waals surface area (Å²) in [4.78, 5) is 0. The van der Waals surface area contributed by atoms with E-state index in [1.54, 1.807) is 0 Å². The molecule has 0 aliphatic carbocycles. The summed E-state index contributed by atoms with van der Waals surface area (Å²) in [7, 11) is 0. The van der Waals surface area contributed by atoms with E-state index in [0.717, 1.165) is 18.9 Å². The molecule has 0 amide bonds. The van der Waals surface area contributed by atoms with E-state index in [1.807, 2.05) is 12.1 Å². The van der Waals surface area contributed by atoms with Crippen molar-refractivity contribution >= 4 is 28.9 Å². The van der Waals surface area contributed by atoms with Crippen molar-refractivity contribution in [3.8, 4) is 0 Å². The highest BCUT2D eigenvalue weighted by Crippen LogP contribution is 2.45. The van der Waals surface area contributed by atoms with Gasteiger partial charge in [0.2, 0.25) is 0 Å². The van der Waals surface area contributed by atoms with Crippen molar-refractivity contribution in [2.75, 3.05) is 0 Å². The number of hydrogen-bond donors (Lipinski definition) is 0. The van der Waals surface area contributed by atoms with E-state index in [2.05, 4.69) is 0 Å². The van der Waals surface area contributed by atoms with Crippen LogP contribution in [0.15, 0.2) is 24.3 Å². The normalized spacial score (nSPS) is 23.6. The maximum absolute atomic E-state index is 12.8. The number of halogens is 3. The Kier molecular flexibility index (Phi) is 4.51. The average Bonchev–Trinajstić information content (AvgIpc) is 2.29. The van der Waals surface area contributed by atoms with E-state index in [0.29, 0.717) is 5.54 Å². The Bertz CT molecular complexity index is 364. The van der Waals surface area contributed by atoms with Gasteiger partial charge in [-0.2, -0.15) is 0 Å². The Balaban J connectivity index is 1.91. The monoisotopic (exact) mass is 290 g/mol. The summed E-state index contributed by atoms with van der Waals surface area (Å²) in [6.45, 7) is -2.01. The van der Waals surface area contributed by atoms with Crippen LogP contribution in [0.25, 0.3) is 0 Å². The lowest BCUT2D eigenvalue weighted by molar-refractivity contribution is 0.587. The molecular formula is C13H17Cl2FSi. The third kappa shape index (κ3) is 3.70. The van der Waals surface area contributed by atoms with Crippen LogP contribution in [-0.4, -0.2) is 6.69 Å². The molecule has 0 aromatic heterocycles. The van der Waals surface area contributed by atoms with Gasteiger partial charge in [0.25, 0.3) is 6.69 Å². The van der Waals surface area contributed by atoms with Gasteiger partial charge in [0.15, 0.2) is 0 Å². The molecule has 17 heavy (non-hydrogen) atoms. The minimum atomic E-state index is -2.01. The Labute approximate surface area is 113 Å². The molecule has 0 radical (unpaired) electrons. The van der Waals surface area contributed by atoms with Crippen LogP contribution in [0.1, 0.15) is 31.2 Å². The molecule has 94 valence electrons. The van der Waals surface area contributed by atoms with Crippen LogP contribution in [0.3, 0.4) is 0 Å². The van der Waals surface area contributed by atoms with E-state index in [-0.39, 0.29) is 5.82 Å². The minimum absolute atomic E-state index is 0.176. The largest absolute Gasteiger partial charge is 0.254 e. The fraction of sp³-hybridized carbons (Fsp3) is 0.538. The zero-order chi connectivity index (χ0) is 12.3. The highest BCUT2D eigenvalue weighted by Gasteiger charge is 2.39. The molecule has 0 nitrogen and oxygen atoms in total. The van der Waals surface area contributed by atoms with Crippen molar-refractivity contribution < 1.29 is 4.39 Å². The fourth-order valence-corrected chi connectivity index (χ4v) is 6.95. The predicted octanol–water partition coefficient (Wildman–Crippen LogP) is 5.23. The lowest BCUT2D eigenvalue weighted by atomic mass is 10.0. The summed E-state index contributed by atoms with van der Waals surface area (Å²) in [6, 6.07) is 7.77. The van der Waals surface area contributed by atoms with Crippen LogP contribution in [0.5, 0.6) is 0 Å². The van der Waals surface area contributed by atoms with E-state index in [4.69, 9.17) is 22.2 Å². The second kappa shape index (κ2) is 5.72. The molecule has 1 aromatic carbocycles. The molecule has 4 heteroatoms. The SMILES string of the molecule is Fc1ccc(CCC2CCCC[Si]2(Cl)Cl)cc1. The van der Waals surface area contributed by atoms with Gasteiger partial charge in [-0.1, -0.05) is 31.4 Å². The molecule has 1 aliphatic rings. The molecule has 0 saturated carbocycles. The van der Waals surface area contributed by atoms with E-state index in [1.165, 1.54) is 37.0 Å². The van der Waals surface area contributed by atoms with Crippen LogP contribution in [0.4, 0.5) is 4.39 Å². The fourth-order valence-electron chi connectivity index (χ4n) is 2.51. The Hall–Kier alpha value is -0.0531. The number of aryl methyl sites for hydroxylation is 1. The third-order valence-corrected chi connectivity index (χ3v) is 9.38. The van der Waals surface area contributed by atoms with Crippen LogP contribution >= 0.6 is 22.2 Å². The maximum Gasteiger partial charge on any atom is 0.254 e. The van der Waals surface area contributed by atoms with Crippen LogP contribution < -0.4 is 0 Å². The molecule has 1 heterocycles. The smallest absolute Gasteiger partial charge is 0.207 e. The number of rotatable bonds is 3. The molecule has 1 aliphatic heterocycles. The van der Waals surface area contributed by atoms with Crippen molar-refractivity contribution in [1.82, 2.24) is 0 Å². The predicted molar refractivity (Wildman–Crippen MR) is 74.6 cm³/mol. The summed E-state index contributed by atoms with van der Waals surface area (Å²) in [5, 5.41) is 0. The zero-order valence-corrected chi connectivity index (χ0v) is 12.3. The topological polar surface area (TPSA) is 0 Å². The molecule has 1 fully saturated rings. The molecule has 1 atom stereocenters. The Morgan fingerprint density at radius 2 is 1.88 bits per heavy atom. The summed E-state index contributed by atoms with van der Waals surface area (Å²) in [5.41, 5.74) is 1.68. The molecule has 0 spiro atoms. The molecular weight excluding hydrogens is 274 g/mol. The van der Waals surface area contributed by atoms with Gasteiger partial charge in [0.1, 0.15) is 5.82 Å². The van der Waals surface area contributed by atoms with E-state index >= 15 is 0 Å². The summed E-state index contributed by atoms with van der Waals surface area (Å²) in [5.74, 6) is -0.176. The maximum atomic E-state index is 12.8. The summed E-state index contributed by atoms with van der Waals surface area (Å²) >= 11 is 12.9. The first-order chi connectivity index (χ1) is 8.08. The quantitative estimate of drug-likeness (QED) is 0.528. The number of hydrogen-bond acceptors (Lipinski definition) is 0. The molecule has 1 saturated heterocycles. The summed E-state index contributed by atoms with van der Waals surface area (Å²) < 4.78 is 12.8. The molecule has 2 rings (SSSR count). The van der Waals surface area contributed by atoms with Crippen LogP contribution in [0.2, 0.25) is 11.6 Å². The van der Waals surface area contributed by atoms with Crippen molar-refractivity contribution in [1.29, 1.82) is 0 Å². The van der Waals surface area contributed by atoms with E-state index in [9.17, 15) is 4.39 Å². The number of benzene rings is 1. The first-order valence-corrected chi connectivity index (χ1v) is 10.5. The van der Waals surface area contributed by atoms with Gasteiger partial charge < -0.3 is 0 Å². The Morgan fingerprint density at radius 1 is 1.18 bits per heavy atom. The van der Waals surface area contributed by atoms with Crippen molar-refractivity contribution in [2.45, 2.75) is 43.7 Å². The summed E-state index contributed by atoms with van der Waals surface area (Å²) in [6.07, 6.45) is 5.61. The van der Waals surface area contributed by atoms with Gasteiger partial charge in [-0.25, -0.2) is 4.39 Å². The Morgan fingerprint density at radius 3 is 2.53 bits per heavy atom. The average molecular weight is 291 g/mol. The van der Waals surface area contributed by atoms with Gasteiger partial charge in [-0.05, 0) is 42.1 Å². The van der Waals surface area contributed by atoms with Gasteiger partial charge in [0, 0.05) is 0 Å². The standard InChI is InChI=1S/C13H17Cl2FSi/c14-17(15)10-2-1-3-13(17)9-6-11-4-7-12(16)8-5-11/h4-5,7-8,13H,1-3,6,9-10H2. The zero-order valence-electron chi connectivity index (χ0n) is 9.76. The molecule has 1 unspecified atom stereocenters. The molecule has 1 aromatic rings. The lowest BCUT2D eigenvalue weighted by Gasteiger charge is -2.32. The van der Waals surface area contributed by atoms with Crippen LogP contribution in [0, 0.1) is 5.82 Å². The van der Waals surface area contributed by atoms with Gasteiger partial charge in [-0.15, -0.1) is 22.2 Å². The van der Waals surface area contributed by atoms with Crippen molar-refractivity contribution in [2.24, 2.45) is 0 Å². The van der Waals surface area contributed by atoms with Crippen molar-refractivity contribution in [3.05, 3.63) is 35.6 Å². The first kappa shape index (κ1) is 13.4. The van der Waals surface area contributed by atoms with Crippen molar-refractivity contribution in [3.63, 3.8) is 0 Å². The van der Waals surface area contributed by atoms with E-state index < -0.39 is 6.69 Å². The van der Waals surface area contributed by atoms with Gasteiger partial charge in [-0.3, -0.25) is 0 Å². The van der Waals surface area contributed by atoms with Gasteiger partial charge >= 0.3 is 0 Å². The highest BCUT2D eigenvalue weighted by atomic mass is 35.7. The second-order valence-electron chi connectivity index (χ2n) is 4.87. The molecule has 0 N–H and O–H groups in total. The van der Waals surface area contributed by atoms with Crippen LogP contribution in [-0.2, 0) is 6.42 Å². The molecule has 0 bridgehead atoms. The first-order valence-electron chi connectivity index (χ1n) is 6.20. The minimum Gasteiger partial charge on any atom is -0.207 e. The van der Waals surface area contributed by atoms with Gasteiger partial charge in [0.05, 0.1) is 0 Å². The second-order valence-corrected chi connectivity index (χ2v) is 12.3. The lowest BCUT2D eigenvalue weighted by Crippen LogP contribution is -2.30. The third-order valence-electron chi connectivity index (χ3n) is 3.60.